The predicted molar refractivity (Wildman–Crippen MR) is 72.2 cm³/mol. The molecule has 1 heterocycles. The van der Waals surface area contributed by atoms with E-state index in [1.54, 1.807) is 6.07 Å². The van der Waals surface area contributed by atoms with E-state index in [0.29, 0.717) is 11.6 Å². The molecule has 1 N–H and O–H groups in total. The van der Waals surface area contributed by atoms with Crippen LogP contribution < -0.4 is 5.32 Å². The van der Waals surface area contributed by atoms with E-state index in [2.05, 4.69) is 35.6 Å². The molecule has 0 aliphatic rings. The van der Waals surface area contributed by atoms with Crippen LogP contribution in [0.2, 0.25) is 0 Å². The highest BCUT2D eigenvalue weighted by Crippen LogP contribution is 2.19. The number of hydrogen-bond acceptors (Lipinski definition) is 2. The van der Waals surface area contributed by atoms with Gasteiger partial charge in [0.05, 0.1) is 5.52 Å². The number of benzene rings is 1. The molecule has 0 atom stereocenters. The van der Waals surface area contributed by atoms with E-state index in [-0.39, 0.29) is 5.82 Å². The summed E-state index contributed by atoms with van der Waals surface area (Å²) in [5, 5.41) is 3.36. The van der Waals surface area contributed by atoms with E-state index in [1.807, 2.05) is 6.07 Å². The van der Waals surface area contributed by atoms with Crippen LogP contribution in [0.5, 0.6) is 0 Å². The van der Waals surface area contributed by atoms with Crippen molar-refractivity contribution in [1.29, 1.82) is 0 Å². The first-order valence-electron chi connectivity index (χ1n) is 6.50. The second-order valence-electron chi connectivity index (χ2n) is 4.74. The van der Waals surface area contributed by atoms with E-state index < -0.39 is 0 Å². The molecule has 0 fully saturated rings. The van der Waals surface area contributed by atoms with Crippen molar-refractivity contribution in [2.45, 2.75) is 39.8 Å². The van der Waals surface area contributed by atoms with E-state index >= 15 is 0 Å². The zero-order valence-corrected chi connectivity index (χ0v) is 11.2. The Hall–Kier alpha value is -1.42. The Morgan fingerprint density at radius 3 is 2.83 bits per heavy atom. The molecular weight excluding hydrogens is 229 g/mol. The molecule has 1 aromatic heterocycles. The third-order valence-electron chi connectivity index (χ3n) is 3.03. The quantitative estimate of drug-likeness (QED) is 0.883. The summed E-state index contributed by atoms with van der Waals surface area (Å²) in [6.07, 6.45) is 0.820. The largest absolute Gasteiger partial charge is 0.328 e. The van der Waals surface area contributed by atoms with Crippen molar-refractivity contribution in [3.05, 3.63) is 29.8 Å². The molecule has 1 aromatic carbocycles. The van der Waals surface area contributed by atoms with E-state index in [9.17, 15) is 4.39 Å². The molecule has 0 spiro atoms. The molecule has 0 bridgehead atoms. The van der Waals surface area contributed by atoms with Crippen LogP contribution in [-0.2, 0) is 13.0 Å². The molecule has 0 saturated carbocycles. The highest BCUT2D eigenvalue weighted by molar-refractivity contribution is 5.76. The van der Waals surface area contributed by atoms with Gasteiger partial charge in [-0.3, -0.25) is 0 Å². The smallest absolute Gasteiger partial charge is 0.151 e. The van der Waals surface area contributed by atoms with Gasteiger partial charge in [-0.2, -0.15) is 0 Å². The normalized spacial score (nSPS) is 11.6. The summed E-state index contributed by atoms with van der Waals surface area (Å²) in [5.74, 6) is 0.712. The fourth-order valence-electron chi connectivity index (χ4n) is 2.18. The molecule has 0 aliphatic carbocycles. The Kier molecular flexibility index (Phi) is 3.97. The molecule has 2 rings (SSSR count). The molecule has 0 saturated heterocycles. The van der Waals surface area contributed by atoms with Crippen LogP contribution in [0.1, 0.15) is 26.6 Å². The zero-order chi connectivity index (χ0) is 13.1. The van der Waals surface area contributed by atoms with Crippen molar-refractivity contribution < 1.29 is 4.39 Å². The average molecular weight is 249 g/mol. The average Bonchev–Trinajstić information content (AvgIpc) is 2.68. The van der Waals surface area contributed by atoms with Crippen LogP contribution in [0.3, 0.4) is 0 Å². The Labute approximate surface area is 107 Å². The third kappa shape index (κ3) is 2.53. The number of para-hydroxylation sites is 1. The molecule has 18 heavy (non-hydrogen) atoms. The maximum Gasteiger partial charge on any atom is 0.151 e. The molecule has 3 nitrogen and oxygen atoms in total. The minimum absolute atomic E-state index is 0.238. The lowest BCUT2D eigenvalue weighted by Gasteiger charge is -2.09. The van der Waals surface area contributed by atoms with Gasteiger partial charge in [-0.15, -0.1) is 0 Å². The number of aryl methyl sites for hydroxylation is 1. The molecule has 0 aliphatic heterocycles. The highest BCUT2D eigenvalue weighted by atomic mass is 19.1. The van der Waals surface area contributed by atoms with Gasteiger partial charge in [-0.05, 0) is 19.1 Å². The molecule has 0 unspecified atom stereocenters. The Morgan fingerprint density at radius 2 is 2.17 bits per heavy atom. The van der Waals surface area contributed by atoms with Crippen molar-refractivity contribution in [1.82, 2.24) is 14.9 Å². The van der Waals surface area contributed by atoms with Crippen LogP contribution in [-0.4, -0.2) is 22.1 Å². The first-order chi connectivity index (χ1) is 8.63. The van der Waals surface area contributed by atoms with Crippen LogP contribution in [0.4, 0.5) is 4.39 Å². The van der Waals surface area contributed by atoms with Gasteiger partial charge in [0.25, 0.3) is 0 Å². The number of nitrogens with one attached hydrogen (secondary N) is 1. The Morgan fingerprint density at radius 1 is 1.39 bits per heavy atom. The summed E-state index contributed by atoms with van der Waals surface area (Å²) >= 11 is 0. The summed E-state index contributed by atoms with van der Waals surface area (Å²) in [6.45, 7) is 7.97. The van der Waals surface area contributed by atoms with E-state index in [4.69, 9.17) is 0 Å². The summed E-state index contributed by atoms with van der Waals surface area (Å²) in [6, 6.07) is 5.59. The number of halogens is 1. The topological polar surface area (TPSA) is 29.9 Å². The van der Waals surface area contributed by atoms with Gasteiger partial charge in [0.2, 0.25) is 0 Å². The van der Waals surface area contributed by atoms with E-state index in [0.717, 1.165) is 30.9 Å². The lowest BCUT2D eigenvalue weighted by atomic mass is 10.3. The molecule has 4 heteroatoms. The second-order valence-corrected chi connectivity index (χ2v) is 4.74. The number of hydrogen-bond donors (Lipinski definition) is 1. The van der Waals surface area contributed by atoms with Crippen molar-refractivity contribution in [2.75, 3.05) is 6.54 Å². The van der Waals surface area contributed by atoms with Crippen molar-refractivity contribution in [3.63, 3.8) is 0 Å². The SMILES string of the molecule is CCn1c(CCNC(C)C)nc2c(F)cccc21. The van der Waals surface area contributed by atoms with Gasteiger partial charge >= 0.3 is 0 Å². The molecule has 0 radical (unpaired) electrons. The molecule has 98 valence electrons. The lowest BCUT2D eigenvalue weighted by molar-refractivity contribution is 0.573. The second kappa shape index (κ2) is 5.48. The lowest BCUT2D eigenvalue weighted by Crippen LogP contribution is -2.25. The van der Waals surface area contributed by atoms with Crippen molar-refractivity contribution >= 4 is 11.0 Å². The summed E-state index contributed by atoms with van der Waals surface area (Å²) in [7, 11) is 0. The van der Waals surface area contributed by atoms with Gasteiger partial charge < -0.3 is 9.88 Å². The number of nitrogens with zero attached hydrogens (tertiary/aromatic N) is 2. The summed E-state index contributed by atoms with van der Waals surface area (Å²) in [4.78, 5) is 4.43. The molecular formula is C14H20FN3. The van der Waals surface area contributed by atoms with Crippen LogP contribution in [0.25, 0.3) is 11.0 Å². The van der Waals surface area contributed by atoms with Gasteiger partial charge in [-0.25, -0.2) is 9.37 Å². The maximum absolute atomic E-state index is 13.7. The highest BCUT2D eigenvalue weighted by Gasteiger charge is 2.12. The van der Waals surface area contributed by atoms with Crippen LogP contribution in [0, 0.1) is 5.82 Å². The fourth-order valence-corrected chi connectivity index (χ4v) is 2.18. The van der Waals surface area contributed by atoms with Gasteiger partial charge in [0.15, 0.2) is 5.82 Å². The summed E-state index contributed by atoms with van der Waals surface area (Å²) < 4.78 is 15.8. The number of imidazole rings is 1. The van der Waals surface area contributed by atoms with Gasteiger partial charge in [0, 0.05) is 25.6 Å². The maximum atomic E-state index is 13.7. The van der Waals surface area contributed by atoms with Gasteiger partial charge in [-0.1, -0.05) is 19.9 Å². The zero-order valence-electron chi connectivity index (χ0n) is 11.2. The van der Waals surface area contributed by atoms with Crippen LogP contribution >= 0.6 is 0 Å². The van der Waals surface area contributed by atoms with E-state index in [1.165, 1.54) is 6.07 Å². The van der Waals surface area contributed by atoms with Crippen LogP contribution in [0.15, 0.2) is 18.2 Å². The van der Waals surface area contributed by atoms with Crippen molar-refractivity contribution in [2.24, 2.45) is 0 Å². The first-order valence-corrected chi connectivity index (χ1v) is 6.50. The molecule has 2 aromatic rings. The predicted octanol–water partition coefficient (Wildman–Crippen LogP) is 2.74. The first kappa shape index (κ1) is 13.0. The minimum atomic E-state index is -0.238. The number of rotatable bonds is 5. The summed E-state index contributed by atoms with van der Waals surface area (Å²) in [5.41, 5.74) is 1.37. The number of aromatic nitrogens is 2. The Bertz CT molecular complexity index is 531. The van der Waals surface area contributed by atoms with Crippen molar-refractivity contribution in [3.8, 4) is 0 Å². The Balaban J connectivity index is 2.29. The third-order valence-corrected chi connectivity index (χ3v) is 3.03. The standard InChI is InChI=1S/C14H20FN3/c1-4-18-12-7-5-6-11(15)14(12)17-13(18)8-9-16-10(2)3/h5-7,10,16H,4,8-9H2,1-3H3. The minimum Gasteiger partial charge on any atom is -0.328 e. The number of fused-ring (bicyclic) bond motifs is 1. The monoisotopic (exact) mass is 249 g/mol. The molecule has 0 amide bonds. The van der Waals surface area contributed by atoms with Gasteiger partial charge in [0.1, 0.15) is 11.3 Å². The fraction of sp³-hybridized carbons (Fsp3) is 0.500.